The van der Waals surface area contributed by atoms with Crippen molar-refractivity contribution < 1.29 is 4.52 Å². The zero-order valence-corrected chi connectivity index (χ0v) is 10.9. The molecule has 2 rings (SSSR count). The van der Waals surface area contributed by atoms with Gasteiger partial charge in [0.15, 0.2) is 0 Å². The highest BCUT2D eigenvalue weighted by Gasteiger charge is 2.10. The van der Waals surface area contributed by atoms with Crippen molar-refractivity contribution in [2.24, 2.45) is 0 Å². The Bertz CT molecular complexity index is 457. The second-order valence-electron chi connectivity index (χ2n) is 3.65. The van der Waals surface area contributed by atoms with E-state index in [-0.39, 0.29) is 0 Å². The van der Waals surface area contributed by atoms with E-state index in [4.69, 9.17) is 4.52 Å². The summed E-state index contributed by atoms with van der Waals surface area (Å²) in [5.74, 6) is 0.843. The number of nitrogens with zero attached hydrogens (tertiary/aromatic N) is 4. The number of halogens is 1. The molecule has 0 aromatic carbocycles. The third-order valence-electron chi connectivity index (χ3n) is 2.44. The van der Waals surface area contributed by atoms with Crippen LogP contribution in [0.25, 0.3) is 0 Å². The van der Waals surface area contributed by atoms with Gasteiger partial charge in [0.05, 0.1) is 17.9 Å². The van der Waals surface area contributed by atoms with E-state index in [9.17, 15) is 0 Å². The standard InChI is InChI=1S/C10H13BrN4O/c1-7-10(8(2)16-13-7)6-15-5-9(3-4-11)12-14-15/h5H,3-4,6H2,1-2H3. The van der Waals surface area contributed by atoms with Crippen LogP contribution in [0, 0.1) is 13.8 Å². The topological polar surface area (TPSA) is 56.7 Å². The Morgan fingerprint density at radius 1 is 1.44 bits per heavy atom. The minimum absolute atomic E-state index is 0.663. The van der Waals surface area contributed by atoms with Crippen molar-refractivity contribution in [1.82, 2.24) is 20.2 Å². The smallest absolute Gasteiger partial charge is 0.138 e. The summed E-state index contributed by atoms with van der Waals surface area (Å²) in [6, 6.07) is 0. The van der Waals surface area contributed by atoms with Crippen molar-refractivity contribution >= 4 is 15.9 Å². The summed E-state index contributed by atoms with van der Waals surface area (Å²) in [4.78, 5) is 0. The van der Waals surface area contributed by atoms with E-state index < -0.39 is 0 Å². The predicted octanol–water partition coefficient (Wildman–Crippen LogP) is 1.87. The largest absolute Gasteiger partial charge is 0.361 e. The molecule has 0 bridgehead atoms. The molecular weight excluding hydrogens is 272 g/mol. The lowest BCUT2D eigenvalue weighted by Gasteiger charge is -1.98. The zero-order valence-electron chi connectivity index (χ0n) is 9.27. The Balaban J connectivity index is 2.14. The average Bonchev–Trinajstić information content (AvgIpc) is 2.81. The van der Waals surface area contributed by atoms with Crippen molar-refractivity contribution in [3.8, 4) is 0 Å². The fourth-order valence-electron chi connectivity index (χ4n) is 1.52. The van der Waals surface area contributed by atoms with E-state index in [1.165, 1.54) is 0 Å². The average molecular weight is 285 g/mol. The fraction of sp³-hybridized carbons (Fsp3) is 0.500. The molecule has 0 aliphatic rings. The van der Waals surface area contributed by atoms with Crippen LogP contribution in [0.4, 0.5) is 0 Å². The normalized spacial score (nSPS) is 10.9. The van der Waals surface area contributed by atoms with Crippen LogP contribution in [-0.2, 0) is 13.0 Å². The second-order valence-corrected chi connectivity index (χ2v) is 4.44. The SMILES string of the molecule is Cc1noc(C)c1Cn1cc(CCBr)nn1. The van der Waals surface area contributed by atoms with Crippen LogP contribution < -0.4 is 0 Å². The zero-order chi connectivity index (χ0) is 11.5. The molecule has 2 aromatic rings. The molecular formula is C10H13BrN4O. The Morgan fingerprint density at radius 2 is 2.25 bits per heavy atom. The van der Waals surface area contributed by atoms with Crippen LogP contribution >= 0.6 is 15.9 Å². The van der Waals surface area contributed by atoms with Crippen molar-refractivity contribution in [1.29, 1.82) is 0 Å². The molecule has 0 aliphatic carbocycles. The molecule has 16 heavy (non-hydrogen) atoms. The third kappa shape index (κ3) is 2.32. The maximum Gasteiger partial charge on any atom is 0.138 e. The maximum absolute atomic E-state index is 5.10. The van der Waals surface area contributed by atoms with E-state index in [1.54, 1.807) is 0 Å². The molecule has 0 radical (unpaired) electrons. The van der Waals surface area contributed by atoms with E-state index in [0.717, 1.165) is 34.5 Å². The molecule has 86 valence electrons. The first kappa shape index (κ1) is 11.3. The third-order valence-corrected chi connectivity index (χ3v) is 2.83. The van der Waals surface area contributed by atoms with Crippen molar-refractivity contribution in [3.63, 3.8) is 0 Å². The minimum Gasteiger partial charge on any atom is -0.361 e. The van der Waals surface area contributed by atoms with Crippen LogP contribution in [0.1, 0.15) is 22.7 Å². The van der Waals surface area contributed by atoms with Gasteiger partial charge in [-0.05, 0) is 13.8 Å². The lowest BCUT2D eigenvalue weighted by Crippen LogP contribution is -2.02. The molecule has 0 saturated heterocycles. The molecule has 2 aromatic heterocycles. The summed E-state index contributed by atoms with van der Waals surface area (Å²) in [5, 5.41) is 13.0. The summed E-state index contributed by atoms with van der Waals surface area (Å²) in [7, 11) is 0. The highest BCUT2D eigenvalue weighted by molar-refractivity contribution is 9.09. The van der Waals surface area contributed by atoms with Crippen molar-refractivity contribution in [3.05, 3.63) is 28.9 Å². The van der Waals surface area contributed by atoms with Gasteiger partial charge in [-0.1, -0.05) is 26.3 Å². The molecule has 0 amide bonds. The molecule has 0 atom stereocenters. The van der Waals surface area contributed by atoms with Gasteiger partial charge in [-0.3, -0.25) is 0 Å². The minimum atomic E-state index is 0.663. The molecule has 0 unspecified atom stereocenters. The quantitative estimate of drug-likeness (QED) is 0.805. The van der Waals surface area contributed by atoms with Gasteiger partial charge in [0.1, 0.15) is 5.76 Å². The first-order chi connectivity index (χ1) is 7.70. The van der Waals surface area contributed by atoms with Crippen LogP contribution in [0.2, 0.25) is 0 Å². The fourth-order valence-corrected chi connectivity index (χ4v) is 1.92. The monoisotopic (exact) mass is 284 g/mol. The van der Waals surface area contributed by atoms with Gasteiger partial charge >= 0.3 is 0 Å². The number of hydrogen-bond acceptors (Lipinski definition) is 4. The van der Waals surface area contributed by atoms with Crippen LogP contribution in [-0.4, -0.2) is 25.5 Å². The van der Waals surface area contributed by atoms with E-state index >= 15 is 0 Å². The van der Waals surface area contributed by atoms with Gasteiger partial charge in [-0.2, -0.15) is 0 Å². The van der Waals surface area contributed by atoms with Crippen LogP contribution in [0.3, 0.4) is 0 Å². The van der Waals surface area contributed by atoms with E-state index in [1.807, 2.05) is 24.7 Å². The number of aromatic nitrogens is 4. The predicted molar refractivity (Wildman–Crippen MR) is 62.6 cm³/mol. The van der Waals surface area contributed by atoms with Gasteiger partial charge in [-0.15, -0.1) is 5.10 Å². The number of alkyl halides is 1. The summed E-state index contributed by atoms with van der Waals surface area (Å²) in [5.41, 5.74) is 2.98. The van der Waals surface area contributed by atoms with Gasteiger partial charge in [0, 0.05) is 23.5 Å². The Labute approximate surface area is 102 Å². The molecule has 0 N–H and O–H groups in total. The second kappa shape index (κ2) is 4.78. The Hall–Kier alpha value is -1.17. The van der Waals surface area contributed by atoms with Crippen LogP contribution in [0.15, 0.2) is 10.7 Å². The summed E-state index contributed by atoms with van der Waals surface area (Å²) < 4.78 is 6.91. The summed E-state index contributed by atoms with van der Waals surface area (Å²) >= 11 is 3.38. The number of hydrogen-bond donors (Lipinski definition) is 0. The summed E-state index contributed by atoms with van der Waals surface area (Å²) in [6.07, 6.45) is 2.84. The Morgan fingerprint density at radius 3 is 2.88 bits per heavy atom. The van der Waals surface area contributed by atoms with Crippen LogP contribution in [0.5, 0.6) is 0 Å². The van der Waals surface area contributed by atoms with E-state index in [0.29, 0.717) is 6.54 Å². The first-order valence-electron chi connectivity index (χ1n) is 5.07. The number of aryl methyl sites for hydroxylation is 3. The molecule has 0 spiro atoms. The molecule has 2 heterocycles. The lowest BCUT2D eigenvalue weighted by molar-refractivity contribution is 0.391. The van der Waals surface area contributed by atoms with Gasteiger partial charge in [0.25, 0.3) is 0 Å². The highest BCUT2D eigenvalue weighted by atomic mass is 79.9. The molecule has 0 aliphatic heterocycles. The van der Waals surface area contributed by atoms with Crippen molar-refractivity contribution in [2.45, 2.75) is 26.8 Å². The highest BCUT2D eigenvalue weighted by Crippen LogP contribution is 2.13. The van der Waals surface area contributed by atoms with Gasteiger partial charge in [0.2, 0.25) is 0 Å². The van der Waals surface area contributed by atoms with Gasteiger partial charge in [-0.25, -0.2) is 4.68 Å². The lowest BCUT2D eigenvalue weighted by atomic mass is 10.2. The Kier molecular flexibility index (Phi) is 3.38. The first-order valence-corrected chi connectivity index (χ1v) is 6.19. The van der Waals surface area contributed by atoms with Crippen molar-refractivity contribution in [2.75, 3.05) is 5.33 Å². The van der Waals surface area contributed by atoms with E-state index in [2.05, 4.69) is 31.4 Å². The summed E-state index contributed by atoms with van der Waals surface area (Å²) in [6.45, 7) is 4.50. The molecule has 0 fully saturated rings. The molecule has 6 heteroatoms. The molecule has 5 nitrogen and oxygen atoms in total. The van der Waals surface area contributed by atoms with Gasteiger partial charge < -0.3 is 4.52 Å². The maximum atomic E-state index is 5.10. The number of rotatable bonds is 4. The molecule has 0 saturated carbocycles.